The molecule has 196 valence electrons. The number of aliphatic carboxylic acids is 1. The zero-order valence-electron chi connectivity index (χ0n) is 21.9. The van der Waals surface area contributed by atoms with E-state index in [4.69, 9.17) is 14.2 Å². The number of hydrogen-bond acceptors (Lipinski definition) is 6. The van der Waals surface area contributed by atoms with Gasteiger partial charge in [-0.2, -0.15) is 0 Å². The van der Waals surface area contributed by atoms with Crippen molar-refractivity contribution < 1.29 is 33.7 Å². The molecule has 2 N–H and O–H groups in total. The van der Waals surface area contributed by atoms with Gasteiger partial charge in [-0.05, 0) is 74.6 Å². The zero-order valence-corrected chi connectivity index (χ0v) is 21.9. The van der Waals surface area contributed by atoms with E-state index >= 15 is 0 Å². The molecule has 0 aliphatic rings. The molecule has 0 aromatic heterocycles. The van der Waals surface area contributed by atoms with E-state index in [1.165, 1.54) is 0 Å². The Hall–Kier alpha value is -3.55. The number of carbonyl (C=O) groups is 3. The average Bonchev–Trinajstić information content (AvgIpc) is 2.78. The Balaban J connectivity index is 2.10. The molecule has 2 aromatic rings. The molecule has 0 radical (unpaired) electrons. The molecular formula is C28H37NO7. The second-order valence-electron chi connectivity index (χ2n) is 9.88. The molecule has 0 fully saturated rings. The van der Waals surface area contributed by atoms with Crippen molar-refractivity contribution in [2.24, 2.45) is 0 Å². The monoisotopic (exact) mass is 499 g/mol. The molecule has 0 bridgehead atoms. The minimum absolute atomic E-state index is 0.0843. The number of rotatable bonds is 11. The molecule has 36 heavy (non-hydrogen) atoms. The highest BCUT2D eigenvalue weighted by molar-refractivity contribution is 5.90. The summed E-state index contributed by atoms with van der Waals surface area (Å²) in [6, 6.07) is 11.1. The van der Waals surface area contributed by atoms with Crippen molar-refractivity contribution in [3.05, 3.63) is 59.2 Å². The number of carbonyl (C=O) groups excluding carboxylic acids is 2. The van der Waals surface area contributed by atoms with E-state index in [2.05, 4.69) is 5.32 Å². The Kier molecular flexibility index (Phi) is 10.3. The summed E-state index contributed by atoms with van der Waals surface area (Å²) in [7, 11) is 0. The maximum atomic E-state index is 12.3. The molecule has 8 nitrogen and oxygen atoms in total. The van der Waals surface area contributed by atoms with Crippen molar-refractivity contribution in [1.82, 2.24) is 5.32 Å². The molecule has 1 atom stereocenters. The van der Waals surface area contributed by atoms with Gasteiger partial charge in [0, 0.05) is 6.42 Å². The molecule has 0 unspecified atom stereocenters. The molecule has 0 heterocycles. The quantitative estimate of drug-likeness (QED) is 0.285. The minimum Gasteiger partial charge on any atom is -0.480 e. The normalized spacial score (nSPS) is 12.1. The first kappa shape index (κ1) is 28.7. The Labute approximate surface area is 212 Å². The number of alkyl carbamates (subject to hydrolysis) is 1. The summed E-state index contributed by atoms with van der Waals surface area (Å²) in [5.41, 5.74) is 1.33. The van der Waals surface area contributed by atoms with E-state index < -0.39 is 23.7 Å². The average molecular weight is 500 g/mol. The fourth-order valence-corrected chi connectivity index (χ4v) is 3.32. The van der Waals surface area contributed by atoms with Gasteiger partial charge >= 0.3 is 18.0 Å². The van der Waals surface area contributed by atoms with Crippen LogP contribution >= 0.6 is 0 Å². The van der Waals surface area contributed by atoms with Crippen LogP contribution in [0.4, 0.5) is 4.79 Å². The highest BCUT2D eigenvalue weighted by atomic mass is 16.6. The first-order valence-electron chi connectivity index (χ1n) is 12.2. The molecule has 1 amide bonds. The number of ether oxygens (including phenoxy) is 3. The highest BCUT2D eigenvalue weighted by Crippen LogP contribution is 2.32. The minimum atomic E-state index is -1.16. The van der Waals surface area contributed by atoms with E-state index in [-0.39, 0.29) is 18.3 Å². The largest absolute Gasteiger partial charge is 0.480 e. The molecule has 0 saturated carbocycles. The third-order valence-corrected chi connectivity index (χ3v) is 5.18. The lowest BCUT2D eigenvalue weighted by Crippen LogP contribution is -2.44. The Morgan fingerprint density at radius 1 is 1.03 bits per heavy atom. The number of esters is 1. The maximum absolute atomic E-state index is 12.3. The number of benzene rings is 2. The van der Waals surface area contributed by atoms with Crippen LogP contribution < -0.4 is 10.1 Å². The highest BCUT2D eigenvalue weighted by Gasteiger charge is 2.24. The van der Waals surface area contributed by atoms with Crippen molar-refractivity contribution in [1.29, 1.82) is 0 Å². The molecule has 2 rings (SSSR count). The smallest absolute Gasteiger partial charge is 0.408 e. The van der Waals surface area contributed by atoms with Gasteiger partial charge in [-0.25, -0.2) is 14.4 Å². The maximum Gasteiger partial charge on any atom is 0.408 e. The van der Waals surface area contributed by atoms with Gasteiger partial charge < -0.3 is 24.6 Å². The fourth-order valence-electron chi connectivity index (χ4n) is 3.32. The summed E-state index contributed by atoms with van der Waals surface area (Å²) in [5, 5.41) is 11.9. The van der Waals surface area contributed by atoms with E-state index in [9.17, 15) is 19.5 Å². The van der Waals surface area contributed by atoms with Crippen molar-refractivity contribution in [2.75, 3.05) is 6.61 Å². The Morgan fingerprint density at radius 3 is 2.25 bits per heavy atom. The van der Waals surface area contributed by atoms with Gasteiger partial charge in [-0.3, -0.25) is 0 Å². The summed E-state index contributed by atoms with van der Waals surface area (Å²) in [6.45, 7) is 11.6. The van der Waals surface area contributed by atoms with E-state index in [1.807, 2.05) is 20.8 Å². The van der Waals surface area contributed by atoms with Crippen LogP contribution in [0.5, 0.6) is 11.5 Å². The third-order valence-electron chi connectivity index (χ3n) is 5.18. The van der Waals surface area contributed by atoms with Crippen LogP contribution in [0.2, 0.25) is 0 Å². The molecule has 0 spiro atoms. The van der Waals surface area contributed by atoms with E-state index in [0.29, 0.717) is 29.2 Å². The number of hydrogen-bond donors (Lipinski definition) is 2. The molecular weight excluding hydrogens is 462 g/mol. The predicted molar refractivity (Wildman–Crippen MR) is 137 cm³/mol. The van der Waals surface area contributed by atoms with Crippen LogP contribution in [0, 0.1) is 0 Å². The van der Waals surface area contributed by atoms with E-state index in [0.717, 1.165) is 18.4 Å². The molecule has 0 saturated heterocycles. The van der Waals surface area contributed by atoms with Crippen LogP contribution in [0.25, 0.3) is 0 Å². The number of unbranched alkanes of at least 4 members (excludes halogenated alkanes) is 1. The second kappa shape index (κ2) is 13.0. The van der Waals surface area contributed by atoms with Crippen LogP contribution in [-0.2, 0) is 20.7 Å². The first-order chi connectivity index (χ1) is 16.9. The summed E-state index contributed by atoms with van der Waals surface area (Å²) < 4.78 is 16.5. The van der Waals surface area contributed by atoms with Crippen molar-refractivity contribution in [3.63, 3.8) is 0 Å². The Bertz CT molecular complexity index is 1040. The van der Waals surface area contributed by atoms with Gasteiger partial charge in [0.1, 0.15) is 23.1 Å². The lowest BCUT2D eigenvalue weighted by Gasteiger charge is -2.22. The van der Waals surface area contributed by atoms with Gasteiger partial charge in [-0.1, -0.05) is 39.3 Å². The summed E-state index contributed by atoms with van der Waals surface area (Å²) in [5.74, 6) is -0.216. The number of nitrogens with one attached hydrogen (secondary N) is 1. The fraction of sp³-hybridized carbons (Fsp3) is 0.464. The van der Waals surface area contributed by atoms with Gasteiger partial charge in [0.15, 0.2) is 0 Å². The Morgan fingerprint density at radius 2 is 1.69 bits per heavy atom. The second-order valence-corrected chi connectivity index (χ2v) is 9.88. The predicted octanol–water partition coefficient (Wildman–Crippen LogP) is 6.08. The van der Waals surface area contributed by atoms with Crippen LogP contribution in [0.3, 0.4) is 0 Å². The van der Waals surface area contributed by atoms with Gasteiger partial charge in [0.2, 0.25) is 0 Å². The van der Waals surface area contributed by atoms with Gasteiger partial charge in [-0.15, -0.1) is 0 Å². The van der Waals surface area contributed by atoms with Crippen LogP contribution in [0.15, 0.2) is 42.5 Å². The lowest BCUT2D eigenvalue weighted by molar-refractivity contribution is -0.139. The molecule has 0 aliphatic carbocycles. The summed E-state index contributed by atoms with van der Waals surface area (Å²) >= 11 is 0. The van der Waals surface area contributed by atoms with Crippen molar-refractivity contribution >= 4 is 18.0 Å². The standard InChI is InChI=1S/C28H37NO7/c1-7-8-15-34-26(32)20-11-14-24(22(17-20)18(2)3)35-21-12-9-19(10-13-21)16-23(25(30)31)29-27(33)36-28(4,5)6/h9-14,17-18,23H,7-8,15-16H2,1-6H3,(H,29,33)(H,30,31)/t23-/m0/s1. The topological polar surface area (TPSA) is 111 Å². The number of carboxylic acid groups (broad SMARTS) is 1. The van der Waals surface area contributed by atoms with Crippen LogP contribution in [0.1, 0.15) is 81.8 Å². The van der Waals surface area contributed by atoms with Gasteiger partial charge in [0.25, 0.3) is 0 Å². The molecule has 8 heteroatoms. The van der Waals surface area contributed by atoms with E-state index in [1.54, 1.807) is 63.2 Å². The van der Waals surface area contributed by atoms with Crippen molar-refractivity contribution in [3.8, 4) is 11.5 Å². The zero-order chi connectivity index (χ0) is 26.9. The van der Waals surface area contributed by atoms with Crippen molar-refractivity contribution in [2.45, 2.75) is 78.4 Å². The number of carboxylic acids is 1. The number of amides is 1. The first-order valence-corrected chi connectivity index (χ1v) is 12.2. The van der Waals surface area contributed by atoms with Gasteiger partial charge in [0.05, 0.1) is 12.2 Å². The SMILES string of the molecule is CCCCOC(=O)c1ccc(Oc2ccc(C[C@H](NC(=O)OC(C)(C)C)C(=O)O)cc2)c(C(C)C)c1. The summed E-state index contributed by atoms with van der Waals surface area (Å²) in [6.07, 6.45) is 1.08. The summed E-state index contributed by atoms with van der Waals surface area (Å²) in [4.78, 5) is 36.0. The third kappa shape index (κ3) is 9.24. The molecule has 0 aliphatic heterocycles. The lowest BCUT2D eigenvalue weighted by atomic mass is 9.99. The van der Waals surface area contributed by atoms with Crippen LogP contribution in [-0.4, -0.2) is 41.4 Å². The molecule has 2 aromatic carbocycles.